The Morgan fingerprint density at radius 2 is 1.81 bits per heavy atom. The van der Waals surface area contributed by atoms with Gasteiger partial charge in [-0.2, -0.15) is 4.80 Å². The largest absolute Gasteiger partial charge is 0.494 e. The number of benzene rings is 2. The Kier molecular flexibility index (Phi) is 4.01. The minimum absolute atomic E-state index is 0.303. The number of hydrogen-bond acceptors (Lipinski definition) is 5. The molecule has 2 heterocycles. The van der Waals surface area contributed by atoms with Crippen LogP contribution in [0.1, 0.15) is 23.0 Å². The van der Waals surface area contributed by atoms with Crippen molar-refractivity contribution in [3.05, 3.63) is 59.9 Å². The van der Waals surface area contributed by atoms with Crippen molar-refractivity contribution in [3.63, 3.8) is 0 Å². The number of rotatable bonds is 5. The van der Waals surface area contributed by atoms with Gasteiger partial charge in [-0.3, -0.25) is 4.79 Å². The van der Waals surface area contributed by atoms with Crippen LogP contribution in [0.4, 0.5) is 0 Å². The molecule has 0 fully saturated rings. The van der Waals surface area contributed by atoms with E-state index in [1.807, 2.05) is 50.2 Å². The van der Waals surface area contributed by atoms with Gasteiger partial charge in [0, 0.05) is 5.56 Å². The number of aldehydes is 1. The van der Waals surface area contributed by atoms with Crippen molar-refractivity contribution in [2.45, 2.75) is 13.8 Å². The van der Waals surface area contributed by atoms with Gasteiger partial charge in [0.2, 0.25) is 0 Å². The van der Waals surface area contributed by atoms with Crippen molar-refractivity contribution in [2.75, 3.05) is 6.61 Å². The molecule has 6 nitrogen and oxygen atoms in total. The van der Waals surface area contributed by atoms with Crippen LogP contribution >= 0.6 is 0 Å². The Bertz CT molecular complexity index is 1080. The second-order valence-electron chi connectivity index (χ2n) is 5.89. The summed E-state index contributed by atoms with van der Waals surface area (Å²) in [6.07, 6.45) is 0.694. The van der Waals surface area contributed by atoms with Gasteiger partial charge in [-0.05, 0) is 67.9 Å². The summed E-state index contributed by atoms with van der Waals surface area (Å²) in [6, 6.07) is 15.0. The minimum atomic E-state index is 0.303. The lowest BCUT2D eigenvalue weighted by molar-refractivity contribution is 0.110. The maximum absolute atomic E-state index is 10.8. The van der Waals surface area contributed by atoms with Gasteiger partial charge in [0.15, 0.2) is 12.0 Å². The Morgan fingerprint density at radius 1 is 1.08 bits per heavy atom. The van der Waals surface area contributed by atoms with Crippen LogP contribution in [0.2, 0.25) is 0 Å². The van der Waals surface area contributed by atoms with Gasteiger partial charge in [0.1, 0.15) is 22.5 Å². The molecule has 0 atom stereocenters. The predicted octanol–water partition coefficient (Wildman–Crippen LogP) is 4.20. The lowest BCUT2D eigenvalue weighted by atomic mass is 10.1. The molecule has 0 spiro atoms. The first-order valence-corrected chi connectivity index (χ1v) is 8.34. The van der Waals surface area contributed by atoms with Crippen LogP contribution < -0.4 is 4.74 Å². The fourth-order valence-electron chi connectivity index (χ4n) is 2.85. The molecule has 26 heavy (non-hydrogen) atoms. The van der Waals surface area contributed by atoms with E-state index in [2.05, 4.69) is 10.2 Å². The minimum Gasteiger partial charge on any atom is -0.494 e. The van der Waals surface area contributed by atoms with Gasteiger partial charge in [0.25, 0.3) is 0 Å². The van der Waals surface area contributed by atoms with Crippen molar-refractivity contribution in [1.29, 1.82) is 0 Å². The molecule has 0 saturated carbocycles. The average Bonchev–Trinajstić information content (AvgIpc) is 3.28. The molecule has 0 aliphatic rings. The summed E-state index contributed by atoms with van der Waals surface area (Å²) < 4.78 is 11.0. The Morgan fingerprint density at radius 3 is 2.46 bits per heavy atom. The van der Waals surface area contributed by atoms with Gasteiger partial charge in [-0.1, -0.05) is 0 Å². The third kappa shape index (κ3) is 2.86. The molecular formula is C20H17N3O3. The zero-order chi connectivity index (χ0) is 18.1. The van der Waals surface area contributed by atoms with Crippen molar-refractivity contribution in [3.8, 4) is 22.8 Å². The molecule has 0 N–H and O–H groups in total. The van der Waals surface area contributed by atoms with Crippen molar-refractivity contribution >= 4 is 17.3 Å². The van der Waals surface area contributed by atoms with E-state index in [0.29, 0.717) is 24.4 Å². The lowest BCUT2D eigenvalue weighted by Gasteiger charge is -2.03. The number of furan rings is 1. The smallest absolute Gasteiger partial charge is 0.185 e. The molecule has 0 unspecified atom stereocenters. The topological polar surface area (TPSA) is 70.2 Å². The normalized spacial score (nSPS) is 11.0. The van der Waals surface area contributed by atoms with Gasteiger partial charge < -0.3 is 9.15 Å². The highest BCUT2D eigenvalue weighted by molar-refractivity contribution is 5.83. The third-order valence-electron chi connectivity index (χ3n) is 4.11. The van der Waals surface area contributed by atoms with Crippen LogP contribution in [-0.2, 0) is 0 Å². The maximum atomic E-state index is 10.8. The van der Waals surface area contributed by atoms with E-state index in [1.165, 1.54) is 0 Å². The molecule has 0 aliphatic carbocycles. The molecule has 0 amide bonds. The molecule has 4 rings (SSSR count). The summed E-state index contributed by atoms with van der Waals surface area (Å²) in [5.41, 5.74) is 4.29. The monoisotopic (exact) mass is 347 g/mol. The molecule has 130 valence electrons. The number of aryl methyl sites for hydroxylation is 1. The molecule has 0 aliphatic heterocycles. The third-order valence-corrected chi connectivity index (χ3v) is 4.11. The molecule has 6 heteroatoms. The zero-order valence-corrected chi connectivity index (χ0v) is 14.5. The predicted molar refractivity (Wildman–Crippen MR) is 97.9 cm³/mol. The molecule has 2 aromatic heterocycles. The summed E-state index contributed by atoms with van der Waals surface area (Å²) in [6.45, 7) is 4.56. The Labute approximate surface area is 150 Å². The molecule has 4 aromatic rings. The standard InChI is InChI=1S/C20H17N3O3/c1-3-25-15-6-4-14(5-7-15)23-21-18-10-13(2)17(11-19(18)22-23)20-9-8-16(12-24)26-20/h4-12H,3H2,1-2H3. The van der Waals surface area contributed by atoms with Gasteiger partial charge in [-0.15, -0.1) is 10.2 Å². The second-order valence-corrected chi connectivity index (χ2v) is 5.89. The SMILES string of the molecule is CCOc1ccc(-n2nc3cc(C)c(-c4ccc(C=O)o4)cc3n2)cc1. The first-order valence-electron chi connectivity index (χ1n) is 8.34. The zero-order valence-electron chi connectivity index (χ0n) is 14.5. The van der Waals surface area contributed by atoms with E-state index >= 15 is 0 Å². The number of nitrogens with zero attached hydrogens (tertiary/aromatic N) is 3. The van der Waals surface area contributed by atoms with Crippen molar-refractivity contribution < 1.29 is 13.9 Å². The highest BCUT2D eigenvalue weighted by Crippen LogP contribution is 2.28. The first-order chi connectivity index (χ1) is 12.7. The van der Waals surface area contributed by atoms with Crippen LogP contribution in [0, 0.1) is 6.92 Å². The van der Waals surface area contributed by atoms with Gasteiger partial charge >= 0.3 is 0 Å². The van der Waals surface area contributed by atoms with Crippen LogP contribution in [0.25, 0.3) is 28.0 Å². The van der Waals surface area contributed by atoms with Gasteiger partial charge in [-0.25, -0.2) is 0 Å². The molecular weight excluding hydrogens is 330 g/mol. The van der Waals surface area contributed by atoms with Gasteiger partial charge in [0.05, 0.1) is 12.3 Å². The van der Waals surface area contributed by atoms with Crippen molar-refractivity contribution in [2.24, 2.45) is 0 Å². The number of aromatic nitrogens is 3. The van der Waals surface area contributed by atoms with Crippen LogP contribution in [0.15, 0.2) is 52.9 Å². The lowest BCUT2D eigenvalue weighted by Crippen LogP contribution is -1.98. The summed E-state index contributed by atoms with van der Waals surface area (Å²) in [5, 5.41) is 9.12. The summed E-state index contributed by atoms with van der Waals surface area (Å²) in [5.74, 6) is 1.76. The molecule has 0 radical (unpaired) electrons. The summed E-state index contributed by atoms with van der Waals surface area (Å²) in [4.78, 5) is 12.4. The van der Waals surface area contributed by atoms with E-state index in [-0.39, 0.29) is 0 Å². The number of ether oxygens (including phenoxy) is 1. The fourth-order valence-corrected chi connectivity index (χ4v) is 2.85. The molecule has 0 bridgehead atoms. The highest BCUT2D eigenvalue weighted by Gasteiger charge is 2.12. The second kappa shape index (κ2) is 6.48. The van der Waals surface area contributed by atoms with Crippen LogP contribution in [-0.4, -0.2) is 27.9 Å². The quantitative estimate of drug-likeness (QED) is 0.506. The summed E-state index contributed by atoms with van der Waals surface area (Å²) >= 11 is 0. The average molecular weight is 347 g/mol. The van der Waals surface area contributed by atoms with Crippen molar-refractivity contribution in [1.82, 2.24) is 15.0 Å². The molecule has 0 saturated heterocycles. The number of carbonyl (C=O) groups is 1. The Balaban J connectivity index is 1.74. The summed E-state index contributed by atoms with van der Waals surface area (Å²) in [7, 11) is 0. The number of fused-ring (bicyclic) bond motifs is 1. The first kappa shape index (κ1) is 16.1. The maximum Gasteiger partial charge on any atom is 0.185 e. The molecule has 2 aromatic carbocycles. The fraction of sp³-hybridized carbons (Fsp3) is 0.150. The van der Waals surface area contributed by atoms with Crippen LogP contribution in [0.3, 0.4) is 0 Å². The van der Waals surface area contributed by atoms with E-state index < -0.39 is 0 Å². The van der Waals surface area contributed by atoms with Crippen LogP contribution in [0.5, 0.6) is 5.75 Å². The number of hydrogen-bond donors (Lipinski definition) is 0. The van der Waals surface area contributed by atoms with E-state index in [0.717, 1.165) is 33.6 Å². The highest BCUT2D eigenvalue weighted by atomic mass is 16.5. The Hall–Kier alpha value is -3.41. The van der Waals surface area contributed by atoms with E-state index in [4.69, 9.17) is 9.15 Å². The number of carbonyl (C=O) groups excluding carboxylic acids is 1. The van der Waals surface area contributed by atoms with E-state index in [9.17, 15) is 4.79 Å². The van der Waals surface area contributed by atoms with E-state index in [1.54, 1.807) is 16.9 Å².